The molecule has 6 N–H and O–H groups in total. The summed E-state index contributed by atoms with van der Waals surface area (Å²) < 4.78 is 65.4. The van der Waals surface area contributed by atoms with Crippen LogP contribution in [0.5, 0.6) is 0 Å². The number of anilines is 2. The fourth-order valence-electron chi connectivity index (χ4n) is 4.55. The molecule has 3 aromatic carbocycles. The van der Waals surface area contributed by atoms with E-state index in [1.54, 1.807) is 18.2 Å². The van der Waals surface area contributed by atoms with E-state index in [0.29, 0.717) is 16.9 Å². The lowest BCUT2D eigenvalue weighted by Crippen LogP contribution is -2.14. The summed E-state index contributed by atoms with van der Waals surface area (Å²) in [5, 5.41) is 34.6. The van der Waals surface area contributed by atoms with Crippen LogP contribution in [-0.2, 0) is 31.7 Å². The van der Waals surface area contributed by atoms with Crippen LogP contribution in [0.1, 0.15) is 37.4 Å². The average Bonchev–Trinajstić information content (AvgIpc) is 3.61. The Morgan fingerprint density at radius 2 is 1.59 bits per heavy atom. The number of hydrogen-bond donors (Lipinski definition) is 5. The molecular weight excluding hydrogens is 701 g/mol. The lowest BCUT2D eigenvalue weighted by Gasteiger charge is -2.10. The number of thiazole rings is 1. The van der Waals surface area contributed by atoms with E-state index in [1.807, 2.05) is 6.07 Å². The third kappa shape index (κ3) is 8.74. The first kappa shape index (κ1) is 34.5. The number of azo groups is 1. The predicted octanol–water partition coefficient (Wildman–Crippen LogP) is 4.59. The van der Waals surface area contributed by atoms with Crippen molar-refractivity contribution in [3.8, 4) is 23.0 Å². The Morgan fingerprint density at radius 1 is 0.939 bits per heavy atom. The van der Waals surface area contributed by atoms with Gasteiger partial charge in [0.2, 0.25) is 0 Å². The first-order valence-electron chi connectivity index (χ1n) is 13.5. The van der Waals surface area contributed by atoms with E-state index in [0.717, 1.165) is 29.5 Å². The molecule has 0 aliphatic heterocycles. The van der Waals surface area contributed by atoms with Gasteiger partial charge in [-0.05, 0) is 53.6 Å². The molecular formula is C29H22N8O9S3. The van der Waals surface area contributed by atoms with Crippen molar-refractivity contribution >= 4 is 65.1 Å². The van der Waals surface area contributed by atoms with Crippen molar-refractivity contribution in [2.45, 2.75) is 11.5 Å². The molecule has 5 rings (SSSR count). The molecule has 20 heteroatoms. The van der Waals surface area contributed by atoms with Gasteiger partial charge in [-0.1, -0.05) is 35.6 Å². The quantitative estimate of drug-likeness (QED) is 0.0922. The molecule has 0 spiro atoms. The highest BCUT2D eigenvalue weighted by atomic mass is 32.2. The topological polar surface area (TPSA) is 280 Å². The highest BCUT2D eigenvalue weighted by Crippen LogP contribution is 2.38. The monoisotopic (exact) mass is 722 g/mol. The van der Waals surface area contributed by atoms with Crippen LogP contribution in [0.2, 0.25) is 0 Å². The van der Waals surface area contributed by atoms with E-state index in [4.69, 9.17) is 5.73 Å². The Hall–Kier alpha value is -5.85. The number of carbonyl (C=O) groups is 2. The van der Waals surface area contributed by atoms with Gasteiger partial charge in [0.25, 0.3) is 26.1 Å². The number of nitrogen functional groups attached to an aromatic ring is 1. The van der Waals surface area contributed by atoms with Gasteiger partial charge in [-0.3, -0.25) is 13.9 Å². The number of aromatic nitrogens is 3. The maximum atomic E-state index is 13.0. The summed E-state index contributed by atoms with van der Waals surface area (Å²) in [7, 11) is -9.04. The molecule has 0 fully saturated rings. The Balaban J connectivity index is 1.40. The van der Waals surface area contributed by atoms with Crippen molar-refractivity contribution in [1.29, 1.82) is 5.26 Å². The lowest BCUT2D eigenvalue weighted by atomic mass is 10.1. The standard InChI is InChI=1S/C29H22N8O9S3/c30-12-21-13-32-37(23-3-1-2-19(11-23)28(39)40)25(21)35-36-27-24(34-29(31)47-27)18-4-6-22(7-5-18)33-26(38)20-9-16(14-48(41,42)43)8-17(10-20)15-49(44,45)46/h1-11,13H,14-15H2,(H2,31,34)(H,33,38)(H,39,40)(H,41,42,43)(H,44,45,46). The highest BCUT2D eigenvalue weighted by molar-refractivity contribution is 7.85. The van der Waals surface area contributed by atoms with Crippen LogP contribution in [0.25, 0.3) is 16.9 Å². The Kier molecular flexibility index (Phi) is 9.65. The van der Waals surface area contributed by atoms with Crippen molar-refractivity contribution in [3.05, 3.63) is 101 Å². The number of carboxylic acids is 1. The minimum absolute atomic E-state index is 0.000816. The van der Waals surface area contributed by atoms with Crippen molar-refractivity contribution in [2.24, 2.45) is 10.2 Å². The van der Waals surface area contributed by atoms with Gasteiger partial charge in [0.15, 0.2) is 16.0 Å². The Morgan fingerprint density at radius 3 is 2.18 bits per heavy atom. The summed E-state index contributed by atoms with van der Waals surface area (Å²) in [6.45, 7) is 0. The molecule has 1 amide bonds. The van der Waals surface area contributed by atoms with Crippen molar-refractivity contribution in [2.75, 3.05) is 11.1 Å². The van der Waals surface area contributed by atoms with Crippen LogP contribution in [0, 0.1) is 11.3 Å². The van der Waals surface area contributed by atoms with Gasteiger partial charge >= 0.3 is 5.97 Å². The number of benzene rings is 3. The third-order valence-electron chi connectivity index (χ3n) is 6.49. The number of hydrogen-bond acceptors (Lipinski definition) is 13. The zero-order chi connectivity index (χ0) is 35.5. The van der Waals surface area contributed by atoms with E-state index in [1.165, 1.54) is 41.2 Å². The molecule has 250 valence electrons. The summed E-state index contributed by atoms with van der Waals surface area (Å²) in [4.78, 5) is 28.8. The normalized spacial score (nSPS) is 11.8. The number of carbonyl (C=O) groups excluding carboxylic acids is 1. The van der Waals surface area contributed by atoms with E-state index in [9.17, 15) is 45.9 Å². The van der Waals surface area contributed by atoms with Crippen LogP contribution in [0.3, 0.4) is 0 Å². The smallest absolute Gasteiger partial charge is 0.335 e. The number of carboxylic acid groups (broad SMARTS) is 1. The second kappa shape index (κ2) is 13.7. The van der Waals surface area contributed by atoms with Crippen LogP contribution in [0.4, 0.5) is 21.6 Å². The predicted molar refractivity (Wildman–Crippen MR) is 176 cm³/mol. The van der Waals surface area contributed by atoms with E-state index in [-0.39, 0.29) is 49.5 Å². The molecule has 0 saturated heterocycles. The van der Waals surface area contributed by atoms with Gasteiger partial charge in [0, 0.05) is 16.8 Å². The highest BCUT2D eigenvalue weighted by Gasteiger charge is 2.18. The minimum atomic E-state index is -4.52. The summed E-state index contributed by atoms with van der Waals surface area (Å²) >= 11 is 1.000. The molecule has 0 aliphatic rings. The fourth-order valence-corrected chi connectivity index (χ4v) is 6.40. The molecule has 2 heterocycles. The molecule has 0 bridgehead atoms. The van der Waals surface area contributed by atoms with Crippen molar-refractivity contribution in [1.82, 2.24) is 14.8 Å². The van der Waals surface area contributed by atoms with Gasteiger partial charge in [-0.2, -0.15) is 27.2 Å². The van der Waals surface area contributed by atoms with Crippen molar-refractivity contribution in [3.63, 3.8) is 0 Å². The molecule has 49 heavy (non-hydrogen) atoms. The molecule has 17 nitrogen and oxygen atoms in total. The Labute approximate surface area is 281 Å². The van der Waals surface area contributed by atoms with Gasteiger partial charge in [-0.25, -0.2) is 14.5 Å². The van der Waals surface area contributed by atoms with Gasteiger partial charge in [0.1, 0.15) is 28.8 Å². The molecule has 0 atom stereocenters. The number of amides is 1. The van der Waals surface area contributed by atoms with Gasteiger partial charge in [-0.15, -0.1) is 10.2 Å². The Bertz CT molecular complexity index is 2340. The SMILES string of the molecule is N#Cc1cnn(-c2cccc(C(=O)O)c2)c1N=Nc1sc(N)nc1-c1ccc(NC(=O)c2cc(CS(=O)(=O)O)cc(CS(=O)(=O)O)c2)cc1. The number of nitrogens with two attached hydrogens (primary N) is 1. The molecule has 0 radical (unpaired) electrons. The number of nitriles is 1. The third-order valence-corrected chi connectivity index (χ3v) is 8.66. The maximum absolute atomic E-state index is 13.0. The zero-order valence-electron chi connectivity index (χ0n) is 24.6. The second-order valence-corrected chi connectivity index (χ2v) is 14.1. The lowest BCUT2D eigenvalue weighted by molar-refractivity contribution is 0.0696. The molecule has 0 aliphatic carbocycles. The largest absolute Gasteiger partial charge is 0.478 e. The van der Waals surface area contributed by atoms with Crippen LogP contribution >= 0.6 is 11.3 Å². The number of nitrogens with one attached hydrogen (secondary N) is 1. The fraction of sp³-hybridized carbons (Fsp3) is 0.0690. The summed E-state index contributed by atoms with van der Waals surface area (Å²) in [5.74, 6) is -3.65. The molecule has 0 saturated carbocycles. The van der Waals surface area contributed by atoms with Crippen molar-refractivity contribution < 1.29 is 40.6 Å². The maximum Gasteiger partial charge on any atom is 0.335 e. The van der Waals surface area contributed by atoms with Gasteiger partial charge in [0.05, 0.1) is 17.4 Å². The number of nitrogens with zero attached hydrogens (tertiary/aromatic N) is 6. The zero-order valence-corrected chi connectivity index (χ0v) is 27.1. The van der Waals surface area contributed by atoms with E-state index < -0.39 is 43.6 Å². The summed E-state index contributed by atoms with van der Waals surface area (Å²) in [6, 6.07) is 17.5. The summed E-state index contributed by atoms with van der Waals surface area (Å²) in [5.41, 5.74) is 7.17. The number of rotatable bonds is 11. The van der Waals surface area contributed by atoms with E-state index in [2.05, 4.69) is 25.6 Å². The average molecular weight is 723 g/mol. The van der Waals surface area contributed by atoms with Crippen LogP contribution in [0.15, 0.2) is 83.2 Å². The van der Waals surface area contributed by atoms with E-state index >= 15 is 0 Å². The first-order valence-corrected chi connectivity index (χ1v) is 17.6. The van der Waals surface area contributed by atoms with Gasteiger partial charge < -0.3 is 16.2 Å². The molecule has 5 aromatic rings. The molecule has 0 unspecified atom stereocenters. The second-order valence-electron chi connectivity index (χ2n) is 10.2. The first-order chi connectivity index (χ1) is 23.1. The molecule has 2 aromatic heterocycles. The van der Waals surface area contributed by atoms with Crippen LogP contribution in [-0.4, -0.2) is 57.7 Å². The summed E-state index contributed by atoms with van der Waals surface area (Å²) in [6.07, 6.45) is 1.26. The minimum Gasteiger partial charge on any atom is -0.478 e. The van der Waals surface area contributed by atoms with Crippen LogP contribution < -0.4 is 11.1 Å². The number of aromatic carboxylic acids is 1.